The minimum atomic E-state index is -0.470. The molecule has 3 N–H and O–H groups in total. The number of ether oxygens (including phenoxy) is 1. The molecular weight excluding hydrogens is 374 g/mol. The predicted octanol–water partition coefficient (Wildman–Crippen LogP) is 3.73. The fourth-order valence-electron chi connectivity index (χ4n) is 3.09. The van der Waals surface area contributed by atoms with Crippen molar-refractivity contribution in [2.24, 2.45) is 5.73 Å². The van der Waals surface area contributed by atoms with E-state index in [9.17, 15) is 4.79 Å². The quantitative estimate of drug-likeness (QED) is 0.491. The highest BCUT2D eigenvalue weighted by Crippen LogP contribution is 2.36. The van der Waals surface area contributed by atoms with E-state index in [2.05, 4.69) is 29.2 Å². The Balaban J connectivity index is 1.95. The van der Waals surface area contributed by atoms with E-state index in [4.69, 9.17) is 10.5 Å². The van der Waals surface area contributed by atoms with Gasteiger partial charge in [-0.05, 0) is 37.5 Å². The van der Waals surface area contributed by atoms with Crippen molar-refractivity contribution in [3.05, 3.63) is 41.1 Å². The van der Waals surface area contributed by atoms with Crippen molar-refractivity contribution >= 4 is 23.6 Å². The Morgan fingerprint density at radius 2 is 2.04 bits per heavy atom. The molecule has 0 fully saturated rings. The number of carbonyl (C=O) groups excluding carboxylic acids is 1. The van der Waals surface area contributed by atoms with Gasteiger partial charge in [0.2, 0.25) is 17.0 Å². The van der Waals surface area contributed by atoms with Gasteiger partial charge < -0.3 is 15.8 Å². The van der Waals surface area contributed by atoms with Crippen LogP contribution in [0.4, 0.5) is 5.95 Å². The van der Waals surface area contributed by atoms with E-state index in [1.165, 1.54) is 0 Å². The largest absolute Gasteiger partial charge is 0.494 e. The number of benzene rings is 1. The van der Waals surface area contributed by atoms with Crippen LogP contribution in [0, 0.1) is 0 Å². The third kappa shape index (κ3) is 4.32. The standard InChI is InChI=1S/C20H27N5O2S/c1-4-6-12-28-20-23-19-22-13(3)16(18(21)26)17(25(19)24-20)14-7-9-15(10-8-14)27-11-5-2/h7-10,17H,4-6,11-12H2,1-3H3,(H2,21,26)(H,22,23,24)/t17-/m1/s1. The van der Waals surface area contributed by atoms with Crippen molar-refractivity contribution in [1.82, 2.24) is 14.8 Å². The molecule has 1 atom stereocenters. The summed E-state index contributed by atoms with van der Waals surface area (Å²) in [6.07, 6.45) is 3.18. The van der Waals surface area contributed by atoms with E-state index in [1.54, 1.807) is 16.4 Å². The van der Waals surface area contributed by atoms with E-state index in [-0.39, 0.29) is 0 Å². The molecule has 0 bridgehead atoms. The van der Waals surface area contributed by atoms with Crippen molar-refractivity contribution in [1.29, 1.82) is 0 Å². The lowest BCUT2D eigenvalue weighted by Gasteiger charge is -2.27. The second-order valence-electron chi connectivity index (χ2n) is 6.71. The van der Waals surface area contributed by atoms with E-state index in [1.807, 2.05) is 31.2 Å². The van der Waals surface area contributed by atoms with Crippen LogP contribution >= 0.6 is 11.8 Å². The molecular formula is C20H27N5O2S. The third-order valence-corrected chi connectivity index (χ3v) is 5.42. The lowest BCUT2D eigenvalue weighted by molar-refractivity contribution is -0.115. The highest BCUT2D eigenvalue weighted by atomic mass is 32.2. The first-order valence-electron chi connectivity index (χ1n) is 9.64. The van der Waals surface area contributed by atoms with Crippen LogP contribution in [0.15, 0.2) is 40.7 Å². The SMILES string of the molecule is CCCCSc1nc2n(n1)[C@H](c1ccc(OCCC)cc1)C(C(N)=O)=C(C)N2. The van der Waals surface area contributed by atoms with Gasteiger partial charge in [0.05, 0.1) is 12.2 Å². The van der Waals surface area contributed by atoms with E-state index < -0.39 is 11.9 Å². The number of hydrogen-bond donors (Lipinski definition) is 2. The highest BCUT2D eigenvalue weighted by Gasteiger charge is 2.33. The van der Waals surface area contributed by atoms with Crippen LogP contribution in [0.5, 0.6) is 5.75 Å². The summed E-state index contributed by atoms with van der Waals surface area (Å²) in [5.74, 6) is 1.92. The molecule has 0 radical (unpaired) electrons. The Labute approximate surface area is 169 Å². The molecule has 8 heteroatoms. The van der Waals surface area contributed by atoms with E-state index >= 15 is 0 Å². The maximum absolute atomic E-state index is 12.2. The van der Waals surface area contributed by atoms with Gasteiger partial charge in [-0.2, -0.15) is 4.98 Å². The number of amides is 1. The number of aromatic nitrogens is 3. The maximum atomic E-state index is 12.2. The maximum Gasteiger partial charge on any atom is 0.248 e. The van der Waals surface area contributed by atoms with Crippen molar-refractivity contribution in [3.63, 3.8) is 0 Å². The van der Waals surface area contributed by atoms with Crippen LogP contribution < -0.4 is 15.8 Å². The van der Waals surface area contributed by atoms with E-state index in [0.717, 1.165) is 36.3 Å². The average molecular weight is 402 g/mol. The minimum Gasteiger partial charge on any atom is -0.494 e. The number of rotatable bonds is 9. The van der Waals surface area contributed by atoms with Gasteiger partial charge in [-0.1, -0.05) is 44.2 Å². The first kappa shape index (κ1) is 20.3. The smallest absolute Gasteiger partial charge is 0.248 e. The fourth-order valence-corrected chi connectivity index (χ4v) is 4.01. The number of anilines is 1. The van der Waals surface area contributed by atoms with Crippen molar-refractivity contribution < 1.29 is 9.53 Å². The number of primary amides is 1. The second-order valence-corrected chi connectivity index (χ2v) is 7.77. The molecule has 3 rings (SSSR count). The minimum absolute atomic E-state index is 0.415. The Morgan fingerprint density at radius 1 is 1.29 bits per heavy atom. The molecule has 0 aliphatic carbocycles. The van der Waals surface area contributed by atoms with Crippen LogP contribution in [-0.2, 0) is 4.79 Å². The van der Waals surface area contributed by atoms with Crippen LogP contribution in [0.1, 0.15) is 51.6 Å². The molecule has 0 saturated heterocycles. The summed E-state index contributed by atoms with van der Waals surface area (Å²) in [6, 6.07) is 7.31. The number of nitrogens with two attached hydrogens (primary N) is 1. The molecule has 150 valence electrons. The summed E-state index contributed by atoms with van der Waals surface area (Å²) in [4.78, 5) is 16.8. The topological polar surface area (TPSA) is 95.1 Å². The Hall–Kier alpha value is -2.48. The number of allylic oxidation sites excluding steroid dienone is 1. The Kier molecular flexibility index (Phi) is 6.61. The molecule has 1 aromatic heterocycles. The number of unbranched alkanes of at least 4 members (excludes halogenated alkanes) is 1. The number of hydrogen-bond acceptors (Lipinski definition) is 6. The normalized spacial score (nSPS) is 15.9. The van der Waals surface area contributed by atoms with Crippen LogP contribution in [0.2, 0.25) is 0 Å². The second kappa shape index (κ2) is 9.14. The zero-order chi connectivity index (χ0) is 20.1. The molecule has 2 heterocycles. The van der Waals surface area contributed by atoms with Gasteiger partial charge in [0, 0.05) is 11.4 Å². The summed E-state index contributed by atoms with van der Waals surface area (Å²) in [7, 11) is 0. The molecule has 0 unspecified atom stereocenters. The number of fused-ring (bicyclic) bond motifs is 1. The predicted molar refractivity (Wildman–Crippen MR) is 112 cm³/mol. The van der Waals surface area contributed by atoms with Crippen molar-refractivity contribution in [2.75, 3.05) is 17.7 Å². The summed E-state index contributed by atoms with van der Waals surface area (Å²) >= 11 is 1.62. The van der Waals surface area contributed by atoms with Crippen molar-refractivity contribution in [3.8, 4) is 5.75 Å². The highest BCUT2D eigenvalue weighted by molar-refractivity contribution is 7.99. The number of carbonyl (C=O) groups is 1. The van der Waals surface area contributed by atoms with Gasteiger partial charge in [-0.15, -0.1) is 5.10 Å². The number of nitrogens with one attached hydrogen (secondary N) is 1. The Bertz CT molecular complexity index is 860. The zero-order valence-corrected chi connectivity index (χ0v) is 17.4. The van der Waals surface area contributed by atoms with Gasteiger partial charge >= 0.3 is 0 Å². The van der Waals surface area contributed by atoms with Gasteiger partial charge in [0.1, 0.15) is 11.8 Å². The van der Waals surface area contributed by atoms with Crippen LogP contribution in [-0.4, -0.2) is 33.0 Å². The van der Waals surface area contributed by atoms with Gasteiger partial charge in [-0.3, -0.25) is 4.79 Å². The summed E-state index contributed by atoms with van der Waals surface area (Å²) in [6.45, 7) is 6.74. The van der Waals surface area contributed by atoms with E-state index in [0.29, 0.717) is 29.0 Å². The lowest BCUT2D eigenvalue weighted by Crippen LogP contribution is -2.31. The molecule has 1 aliphatic rings. The molecule has 1 amide bonds. The molecule has 1 aromatic carbocycles. The molecule has 28 heavy (non-hydrogen) atoms. The molecule has 0 saturated carbocycles. The first-order chi connectivity index (χ1) is 13.5. The van der Waals surface area contributed by atoms with Gasteiger partial charge in [0.25, 0.3) is 0 Å². The van der Waals surface area contributed by atoms with Crippen LogP contribution in [0.3, 0.4) is 0 Å². The van der Waals surface area contributed by atoms with Gasteiger partial charge in [-0.25, -0.2) is 4.68 Å². The third-order valence-electron chi connectivity index (χ3n) is 4.50. The molecule has 0 spiro atoms. The average Bonchev–Trinajstić information content (AvgIpc) is 3.08. The summed E-state index contributed by atoms with van der Waals surface area (Å²) < 4.78 is 7.42. The Morgan fingerprint density at radius 3 is 2.68 bits per heavy atom. The summed E-state index contributed by atoms with van der Waals surface area (Å²) in [5, 5.41) is 8.52. The molecule has 7 nitrogen and oxygen atoms in total. The number of nitrogens with zero attached hydrogens (tertiary/aromatic N) is 3. The fraction of sp³-hybridized carbons (Fsp3) is 0.450. The summed E-state index contributed by atoms with van der Waals surface area (Å²) in [5.41, 5.74) is 7.82. The zero-order valence-electron chi connectivity index (χ0n) is 16.6. The number of thioether (sulfide) groups is 1. The van der Waals surface area contributed by atoms with Crippen LogP contribution in [0.25, 0.3) is 0 Å². The van der Waals surface area contributed by atoms with Crippen molar-refractivity contribution in [2.45, 2.75) is 51.2 Å². The molecule has 1 aliphatic heterocycles. The monoisotopic (exact) mass is 401 g/mol. The van der Waals surface area contributed by atoms with Gasteiger partial charge in [0.15, 0.2) is 0 Å². The first-order valence-corrected chi connectivity index (χ1v) is 10.6. The molecule has 2 aromatic rings. The lowest BCUT2D eigenvalue weighted by atomic mass is 9.95.